The number of nitrogens with one attached hydrogen (secondary N) is 1. The molecule has 0 saturated carbocycles. The summed E-state index contributed by atoms with van der Waals surface area (Å²) in [4.78, 5) is 13.3. The van der Waals surface area contributed by atoms with Gasteiger partial charge in [0.25, 0.3) is 0 Å². The van der Waals surface area contributed by atoms with Gasteiger partial charge in [0, 0.05) is 42.9 Å². The zero-order valence-corrected chi connectivity index (χ0v) is 11.0. The SMILES string of the molecule is CNc1nc(Cc2ccncc2)nc2c1CSC2. The van der Waals surface area contributed by atoms with E-state index in [1.807, 2.05) is 30.9 Å². The van der Waals surface area contributed by atoms with Crippen molar-refractivity contribution >= 4 is 17.6 Å². The van der Waals surface area contributed by atoms with Gasteiger partial charge < -0.3 is 5.32 Å². The summed E-state index contributed by atoms with van der Waals surface area (Å²) >= 11 is 1.89. The van der Waals surface area contributed by atoms with Crippen molar-refractivity contribution in [1.82, 2.24) is 15.0 Å². The van der Waals surface area contributed by atoms with E-state index in [1.165, 1.54) is 16.8 Å². The van der Waals surface area contributed by atoms with Crippen LogP contribution in [0.15, 0.2) is 24.5 Å². The van der Waals surface area contributed by atoms with Gasteiger partial charge in [0.15, 0.2) is 0 Å². The first-order valence-corrected chi connectivity index (χ1v) is 7.05. The van der Waals surface area contributed by atoms with Crippen LogP contribution in [0.4, 0.5) is 5.82 Å². The minimum Gasteiger partial charge on any atom is -0.373 e. The van der Waals surface area contributed by atoms with Crippen LogP contribution in [0.3, 0.4) is 0 Å². The Hall–Kier alpha value is -1.62. The van der Waals surface area contributed by atoms with Gasteiger partial charge >= 0.3 is 0 Å². The second kappa shape index (κ2) is 4.94. The number of thioether (sulfide) groups is 1. The van der Waals surface area contributed by atoms with E-state index in [0.29, 0.717) is 0 Å². The molecular formula is C13H14N4S. The lowest BCUT2D eigenvalue weighted by Crippen LogP contribution is -2.06. The van der Waals surface area contributed by atoms with E-state index in [9.17, 15) is 0 Å². The van der Waals surface area contributed by atoms with E-state index >= 15 is 0 Å². The molecule has 0 amide bonds. The smallest absolute Gasteiger partial charge is 0.135 e. The molecule has 0 bridgehead atoms. The highest BCUT2D eigenvalue weighted by molar-refractivity contribution is 7.98. The van der Waals surface area contributed by atoms with Crippen LogP contribution in [-0.4, -0.2) is 22.0 Å². The van der Waals surface area contributed by atoms with E-state index in [1.54, 1.807) is 12.4 Å². The van der Waals surface area contributed by atoms with E-state index in [2.05, 4.69) is 20.3 Å². The highest BCUT2D eigenvalue weighted by atomic mass is 32.2. The molecule has 0 aromatic carbocycles. The van der Waals surface area contributed by atoms with Crippen LogP contribution < -0.4 is 5.32 Å². The number of rotatable bonds is 3. The lowest BCUT2D eigenvalue weighted by atomic mass is 10.2. The number of aromatic nitrogens is 3. The van der Waals surface area contributed by atoms with E-state index < -0.39 is 0 Å². The number of nitrogens with zero attached hydrogens (tertiary/aromatic N) is 3. The third-order valence-electron chi connectivity index (χ3n) is 2.97. The fraction of sp³-hybridized carbons (Fsp3) is 0.308. The molecule has 3 rings (SSSR count). The third kappa shape index (κ3) is 2.18. The average Bonchev–Trinajstić information content (AvgIpc) is 2.87. The summed E-state index contributed by atoms with van der Waals surface area (Å²) in [5.74, 6) is 3.87. The first-order chi connectivity index (χ1) is 8.86. The van der Waals surface area contributed by atoms with Gasteiger partial charge in [-0.2, -0.15) is 11.8 Å². The first kappa shape index (κ1) is 11.5. The molecule has 0 fully saturated rings. The molecule has 92 valence electrons. The van der Waals surface area contributed by atoms with E-state index in [-0.39, 0.29) is 0 Å². The molecule has 0 spiro atoms. The van der Waals surface area contributed by atoms with Crippen molar-refractivity contribution in [1.29, 1.82) is 0 Å². The third-order valence-corrected chi connectivity index (χ3v) is 3.94. The topological polar surface area (TPSA) is 50.7 Å². The van der Waals surface area contributed by atoms with E-state index in [4.69, 9.17) is 0 Å². The predicted molar refractivity (Wildman–Crippen MR) is 73.6 cm³/mol. The number of hydrogen-bond donors (Lipinski definition) is 1. The maximum Gasteiger partial charge on any atom is 0.135 e. The maximum absolute atomic E-state index is 4.66. The van der Waals surface area contributed by atoms with Crippen molar-refractivity contribution in [3.63, 3.8) is 0 Å². The molecular weight excluding hydrogens is 244 g/mol. The van der Waals surface area contributed by atoms with Crippen molar-refractivity contribution in [2.75, 3.05) is 12.4 Å². The summed E-state index contributed by atoms with van der Waals surface area (Å²) in [6.07, 6.45) is 4.37. The largest absolute Gasteiger partial charge is 0.373 e. The summed E-state index contributed by atoms with van der Waals surface area (Å²) in [6.45, 7) is 0. The van der Waals surface area contributed by atoms with Crippen molar-refractivity contribution in [3.8, 4) is 0 Å². The molecule has 2 aromatic heterocycles. The van der Waals surface area contributed by atoms with Crippen LogP contribution in [0, 0.1) is 0 Å². The molecule has 0 radical (unpaired) electrons. The molecule has 1 aliphatic heterocycles. The molecule has 4 nitrogen and oxygen atoms in total. The van der Waals surface area contributed by atoms with Crippen LogP contribution in [0.1, 0.15) is 22.6 Å². The van der Waals surface area contributed by atoms with Gasteiger partial charge in [-0.05, 0) is 17.7 Å². The molecule has 5 heteroatoms. The van der Waals surface area contributed by atoms with Crippen molar-refractivity contribution in [2.45, 2.75) is 17.9 Å². The number of pyridine rings is 1. The highest BCUT2D eigenvalue weighted by Crippen LogP contribution is 2.32. The number of hydrogen-bond acceptors (Lipinski definition) is 5. The lowest BCUT2D eigenvalue weighted by molar-refractivity contribution is 0.928. The Bertz CT molecular complexity index is 556. The minimum atomic E-state index is 0.759. The molecule has 1 N–H and O–H groups in total. The monoisotopic (exact) mass is 258 g/mol. The van der Waals surface area contributed by atoms with Crippen molar-refractivity contribution in [3.05, 3.63) is 47.2 Å². The Kier molecular flexibility index (Phi) is 3.15. The maximum atomic E-state index is 4.66. The molecule has 0 unspecified atom stereocenters. The summed E-state index contributed by atoms with van der Waals surface area (Å²) in [5, 5.41) is 3.18. The second-order valence-corrected chi connectivity index (χ2v) is 5.17. The van der Waals surface area contributed by atoms with Gasteiger partial charge in [-0.25, -0.2) is 9.97 Å². The van der Waals surface area contributed by atoms with Crippen LogP contribution in [0.2, 0.25) is 0 Å². The van der Waals surface area contributed by atoms with Crippen LogP contribution in [-0.2, 0) is 17.9 Å². The lowest BCUT2D eigenvalue weighted by Gasteiger charge is -2.08. The molecule has 0 atom stereocenters. The quantitative estimate of drug-likeness (QED) is 0.915. The fourth-order valence-electron chi connectivity index (χ4n) is 2.07. The molecule has 3 heterocycles. The van der Waals surface area contributed by atoms with Crippen LogP contribution in [0.25, 0.3) is 0 Å². The molecule has 0 aliphatic carbocycles. The standard InChI is InChI=1S/C13H14N4S/c1-14-13-10-7-18-8-11(10)16-12(17-13)6-9-2-4-15-5-3-9/h2-5H,6-8H2,1H3,(H,14,16,17). The van der Waals surface area contributed by atoms with E-state index in [0.717, 1.165) is 29.6 Å². The van der Waals surface area contributed by atoms with Gasteiger partial charge in [-0.1, -0.05) is 0 Å². The average molecular weight is 258 g/mol. The second-order valence-electron chi connectivity index (χ2n) is 4.19. The normalized spacial score (nSPS) is 13.4. The summed E-state index contributed by atoms with van der Waals surface area (Å²) < 4.78 is 0. The van der Waals surface area contributed by atoms with Gasteiger partial charge in [0.2, 0.25) is 0 Å². The van der Waals surface area contributed by atoms with Crippen molar-refractivity contribution in [2.24, 2.45) is 0 Å². The van der Waals surface area contributed by atoms with Crippen molar-refractivity contribution < 1.29 is 0 Å². The van der Waals surface area contributed by atoms with Gasteiger partial charge in [0.05, 0.1) is 5.69 Å². The Balaban J connectivity index is 1.94. The summed E-state index contributed by atoms with van der Waals surface area (Å²) in [6, 6.07) is 4.01. The number of fused-ring (bicyclic) bond motifs is 1. The fourth-order valence-corrected chi connectivity index (χ4v) is 3.11. The molecule has 1 aliphatic rings. The predicted octanol–water partition coefficient (Wildman–Crippen LogP) is 2.25. The van der Waals surface area contributed by atoms with Crippen LogP contribution in [0.5, 0.6) is 0 Å². The number of anilines is 1. The Morgan fingerprint density at radius 3 is 2.83 bits per heavy atom. The van der Waals surface area contributed by atoms with Gasteiger partial charge in [0.1, 0.15) is 11.6 Å². The zero-order valence-electron chi connectivity index (χ0n) is 10.2. The highest BCUT2D eigenvalue weighted by Gasteiger charge is 2.19. The summed E-state index contributed by atoms with van der Waals surface area (Å²) in [5.41, 5.74) is 3.64. The molecule has 18 heavy (non-hydrogen) atoms. The minimum absolute atomic E-state index is 0.759. The zero-order chi connectivity index (χ0) is 12.4. The van der Waals surface area contributed by atoms with Gasteiger partial charge in [-0.15, -0.1) is 0 Å². The Labute approximate surface area is 110 Å². The Morgan fingerprint density at radius 2 is 2.06 bits per heavy atom. The Morgan fingerprint density at radius 1 is 1.22 bits per heavy atom. The molecule has 2 aromatic rings. The van der Waals surface area contributed by atoms with Gasteiger partial charge in [-0.3, -0.25) is 4.98 Å². The molecule has 0 saturated heterocycles. The summed E-state index contributed by atoms with van der Waals surface area (Å²) in [7, 11) is 1.92. The first-order valence-electron chi connectivity index (χ1n) is 5.90. The van der Waals surface area contributed by atoms with Crippen LogP contribution >= 0.6 is 11.8 Å².